The van der Waals surface area contributed by atoms with Crippen molar-refractivity contribution in [3.8, 4) is 0 Å². The number of rotatable bonds is 1. The third-order valence-corrected chi connectivity index (χ3v) is 6.67. The SMILES string of the molecule is CN1CCCC2CN(C(=O)C3NCC4CCCC43)CCC21. The number of carbonyl (C=O) groups excluding carboxylic acids is 1. The van der Waals surface area contributed by atoms with Crippen LogP contribution in [0.1, 0.15) is 38.5 Å². The van der Waals surface area contributed by atoms with E-state index in [1.54, 1.807) is 0 Å². The zero-order valence-electron chi connectivity index (χ0n) is 13.3. The average molecular weight is 291 g/mol. The number of likely N-dealkylation sites (tertiary alicyclic amines) is 2. The van der Waals surface area contributed by atoms with Gasteiger partial charge in [-0.1, -0.05) is 6.42 Å². The minimum atomic E-state index is 0.135. The summed E-state index contributed by atoms with van der Waals surface area (Å²) in [6.45, 7) is 4.29. The molecule has 1 aliphatic carbocycles. The van der Waals surface area contributed by atoms with Gasteiger partial charge in [0.05, 0.1) is 6.04 Å². The van der Waals surface area contributed by atoms with Crippen molar-refractivity contribution >= 4 is 5.91 Å². The first kappa shape index (κ1) is 14.0. The van der Waals surface area contributed by atoms with Crippen molar-refractivity contribution in [1.82, 2.24) is 15.1 Å². The van der Waals surface area contributed by atoms with Crippen LogP contribution in [0.2, 0.25) is 0 Å². The molecule has 0 bridgehead atoms. The Morgan fingerprint density at radius 3 is 2.81 bits per heavy atom. The lowest BCUT2D eigenvalue weighted by molar-refractivity contribution is -0.137. The first-order valence-electron chi connectivity index (χ1n) is 8.96. The molecular weight excluding hydrogens is 262 g/mol. The van der Waals surface area contributed by atoms with E-state index in [1.807, 2.05) is 0 Å². The Morgan fingerprint density at radius 1 is 1.05 bits per heavy atom. The molecule has 1 saturated carbocycles. The minimum absolute atomic E-state index is 0.135. The van der Waals surface area contributed by atoms with Gasteiger partial charge in [0.1, 0.15) is 0 Å². The topological polar surface area (TPSA) is 35.6 Å². The highest BCUT2D eigenvalue weighted by Crippen LogP contribution is 2.39. The quantitative estimate of drug-likeness (QED) is 0.791. The van der Waals surface area contributed by atoms with Gasteiger partial charge in [-0.3, -0.25) is 4.79 Å². The van der Waals surface area contributed by atoms with Gasteiger partial charge in [0, 0.05) is 19.1 Å². The Kier molecular flexibility index (Phi) is 3.70. The van der Waals surface area contributed by atoms with E-state index in [-0.39, 0.29) is 6.04 Å². The monoisotopic (exact) mass is 291 g/mol. The molecule has 4 fully saturated rings. The van der Waals surface area contributed by atoms with Crippen molar-refractivity contribution < 1.29 is 4.79 Å². The normalized spacial score (nSPS) is 43.7. The lowest BCUT2D eigenvalue weighted by Crippen LogP contribution is -2.57. The first-order chi connectivity index (χ1) is 10.2. The van der Waals surface area contributed by atoms with Crippen molar-refractivity contribution in [2.45, 2.75) is 50.6 Å². The van der Waals surface area contributed by atoms with Crippen LogP contribution in [-0.2, 0) is 4.79 Å². The van der Waals surface area contributed by atoms with E-state index < -0.39 is 0 Å². The molecule has 3 aliphatic heterocycles. The van der Waals surface area contributed by atoms with Crippen molar-refractivity contribution in [1.29, 1.82) is 0 Å². The van der Waals surface area contributed by atoms with E-state index in [2.05, 4.69) is 22.2 Å². The Bertz CT molecular complexity index is 413. The highest BCUT2D eigenvalue weighted by atomic mass is 16.2. The number of fused-ring (bicyclic) bond motifs is 2. The summed E-state index contributed by atoms with van der Waals surface area (Å²) < 4.78 is 0. The van der Waals surface area contributed by atoms with Gasteiger partial charge in [0.15, 0.2) is 0 Å². The molecule has 21 heavy (non-hydrogen) atoms. The van der Waals surface area contributed by atoms with Crippen LogP contribution in [0.5, 0.6) is 0 Å². The molecule has 0 aromatic carbocycles. The maximum Gasteiger partial charge on any atom is 0.240 e. The van der Waals surface area contributed by atoms with Crippen LogP contribution < -0.4 is 5.32 Å². The Balaban J connectivity index is 1.41. The van der Waals surface area contributed by atoms with Gasteiger partial charge in [0.2, 0.25) is 5.91 Å². The fraction of sp³-hybridized carbons (Fsp3) is 0.941. The molecule has 5 atom stereocenters. The van der Waals surface area contributed by atoms with E-state index in [1.165, 1.54) is 45.1 Å². The zero-order valence-corrected chi connectivity index (χ0v) is 13.3. The summed E-state index contributed by atoms with van der Waals surface area (Å²) in [4.78, 5) is 17.7. The average Bonchev–Trinajstić information content (AvgIpc) is 3.09. The smallest absolute Gasteiger partial charge is 0.240 e. The number of hydrogen-bond acceptors (Lipinski definition) is 3. The largest absolute Gasteiger partial charge is 0.341 e. The minimum Gasteiger partial charge on any atom is -0.341 e. The van der Waals surface area contributed by atoms with E-state index in [9.17, 15) is 4.79 Å². The number of nitrogens with one attached hydrogen (secondary N) is 1. The number of hydrogen-bond donors (Lipinski definition) is 1. The molecule has 5 unspecified atom stereocenters. The third-order valence-electron chi connectivity index (χ3n) is 6.67. The van der Waals surface area contributed by atoms with Crippen molar-refractivity contribution in [3.63, 3.8) is 0 Å². The molecule has 1 N–H and O–H groups in total. The molecule has 0 radical (unpaired) electrons. The van der Waals surface area contributed by atoms with Gasteiger partial charge in [-0.2, -0.15) is 0 Å². The van der Waals surface area contributed by atoms with Gasteiger partial charge in [-0.15, -0.1) is 0 Å². The van der Waals surface area contributed by atoms with Gasteiger partial charge < -0.3 is 15.1 Å². The predicted molar refractivity (Wildman–Crippen MR) is 83.0 cm³/mol. The number of piperidine rings is 2. The molecule has 4 heteroatoms. The predicted octanol–water partition coefficient (Wildman–Crippen LogP) is 1.32. The van der Waals surface area contributed by atoms with E-state index >= 15 is 0 Å². The lowest BCUT2D eigenvalue weighted by atomic mass is 9.83. The molecule has 0 aromatic heterocycles. The van der Waals surface area contributed by atoms with Crippen LogP contribution in [0.4, 0.5) is 0 Å². The zero-order chi connectivity index (χ0) is 14.4. The summed E-state index contributed by atoms with van der Waals surface area (Å²) >= 11 is 0. The van der Waals surface area contributed by atoms with Crippen LogP contribution in [0.3, 0.4) is 0 Å². The molecular formula is C17H29N3O. The summed E-state index contributed by atoms with van der Waals surface area (Å²) in [5, 5.41) is 3.53. The van der Waals surface area contributed by atoms with Gasteiger partial charge in [-0.05, 0) is 70.0 Å². The Labute approximate surface area is 128 Å². The van der Waals surface area contributed by atoms with Crippen molar-refractivity contribution in [2.24, 2.45) is 17.8 Å². The summed E-state index contributed by atoms with van der Waals surface area (Å²) in [5.74, 6) is 2.53. The van der Waals surface area contributed by atoms with Crippen molar-refractivity contribution in [3.05, 3.63) is 0 Å². The summed E-state index contributed by atoms with van der Waals surface area (Å²) in [7, 11) is 2.26. The molecule has 4 aliphatic rings. The second-order valence-electron chi connectivity index (χ2n) is 7.76. The Hall–Kier alpha value is -0.610. The highest BCUT2D eigenvalue weighted by molar-refractivity contribution is 5.83. The molecule has 4 rings (SSSR count). The summed E-state index contributed by atoms with van der Waals surface area (Å²) in [6, 6.07) is 0.855. The summed E-state index contributed by atoms with van der Waals surface area (Å²) in [5.41, 5.74) is 0. The molecule has 0 aromatic rings. The maximum absolute atomic E-state index is 12.9. The molecule has 4 nitrogen and oxygen atoms in total. The fourth-order valence-electron chi connectivity index (χ4n) is 5.51. The van der Waals surface area contributed by atoms with E-state index in [0.717, 1.165) is 31.6 Å². The molecule has 0 spiro atoms. The maximum atomic E-state index is 12.9. The number of nitrogens with zero attached hydrogens (tertiary/aromatic N) is 2. The van der Waals surface area contributed by atoms with Gasteiger partial charge >= 0.3 is 0 Å². The van der Waals surface area contributed by atoms with E-state index in [0.29, 0.717) is 17.7 Å². The first-order valence-corrected chi connectivity index (χ1v) is 8.96. The van der Waals surface area contributed by atoms with Crippen LogP contribution in [0.15, 0.2) is 0 Å². The number of amides is 1. The summed E-state index contributed by atoms with van der Waals surface area (Å²) in [6.07, 6.45) is 7.70. The second kappa shape index (κ2) is 5.54. The third kappa shape index (κ3) is 2.40. The molecule has 3 saturated heterocycles. The van der Waals surface area contributed by atoms with Gasteiger partial charge in [0.25, 0.3) is 0 Å². The standard InChI is InChI=1S/C17H29N3O/c1-19-8-3-5-13-11-20(9-7-15(13)19)17(21)16-14-6-2-4-12(14)10-18-16/h12-16,18H,2-11H2,1H3. The molecule has 1 amide bonds. The molecule has 3 heterocycles. The fourth-order valence-corrected chi connectivity index (χ4v) is 5.51. The van der Waals surface area contributed by atoms with Crippen LogP contribution in [0.25, 0.3) is 0 Å². The van der Waals surface area contributed by atoms with Gasteiger partial charge in [-0.25, -0.2) is 0 Å². The molecule has 118 valence electrons. The second-order valence-corrected chi connectivity index (χ2v) is 7.76. The van der Waals surface area contributed by atoms with E-state index in [4.69, 9.17) is 0 Å². The van der Waals surface area contributed by atoms with Crippen LogP contribution >= 0.6 is 0 Å². The van der Waals surface area contributed by atoms with Crippen molar-refractivity contribution in [2.75, 3.05) is 33.2 Å². The number of carbonyl (C=O) groups is 1. The lowest BCUT2D eigenvalue weighted by Gasteiger charge is -2.46. The van der Waals surface area contributed by atoms with Crippen LogP contribution in [0, 0.1) is 17.8 Å². The Morgan fingerprint density at radius 2 is 1.90 bits per heavy atom. The van der Waals surface area contributed by atoms with Crippen LogP contribution in [-0.4, -0.2) is 61.0 Å². The highest BCUT2D eigenvalue weighted by Gasteiger charge is 2.45.